The van der Waals surface area contributed by atoms with E-state index in [0.717, 1.165) is 49.7 Å². The first-order valence-corrected chi connectivity index (χ1v) is 14.7. The molecule has 0 radical (unpaired) electrons. The summed E-state index contributed by atoms with van der Waals surface area (Å²) in [6.07, 6.45) is 3.76. The van der Waals surface area contributed by atoms with Crippen molar-refractivity contribution in [2.24, 2.45) is 5.10 Å². The van der Waals surface area contributed by atoms with Crippen molar-refractivity contribution < 1.29 is 0 Å². The van der Waals surface area contributed by atoms with Crippen molar-refractivity contribution in [2.45, 2.75) is 0 Å². The highest BCUT2D eigenvalue weighted by Crippen LogP contribution is 2.32. The van der Waals surface area contributed by atoms with Gasteiger partial charge in [-0.15, -0.1) is 0 Å². The lowest BCUT2D eigenvalue weighted by Crippen LogP contribution is -2.19. The second-order valence-corrected chi connectivity index (χ2v) is 10.9. The van der Waals surface area contributed by atoms with E-state index in [9.17, 15) is 0 Å². The smallest absolute Gasteiger partial charge is 0.164 e. The molecule has 0 saturated heterocycles. The Kier molecular flexibility index (Phi) is 6.50. The first-order valence-electron chi connectivity index (χ1n) is 14.7. The van der Waals surface area contributed by atoms with Crippen LogP contribution < -0.4 is 5.43 Å². The average molecular weight is 579 g/mol. The Morgan fingerprint density at radius 2 is 1.11 bits per heavy atom. The first kappa shape index (κ1) is 26.4. The molecule has 6 heteroatoms. The Morgan fingerprint density at radius 3 is 1.87 bits per heavy atom. The van der Waals surface area contributed by atoms with E-state index in [4.69, 9.17) is 20.4 Å². The Balaban J connectivity index is 1.26. The molecule has 0 unspecified atom stereocenters. The van der Waals surface area contributed by atoms with Gasteiger partial charge in [-0.3, -0.25) is 10.8 Å². The Hall–Kier alpha value is -6.27. The summed E-state index contributed by atoms with van der Waals surface area (Å²) in [5.41, 5.74) is 9.62. The topological polar surface area (TPSA) is 86.9 Å². The minimum absolute atomic E-state index is 0.354. The molecule has 8 rings (SSSR count). The number of fused-ring (bicyclic) bond motifs is 4. The number of hydrazone groups is 1. The molecule has 0 fully saturated rings. The van der Waals surface area contributed by atoms with Crippen molar-refractivity contribution in [3.63, 3.8) is 0 Å². The lowest BCUT2D eigenvalue weighted by atomic mass is 9.89. The molecule has 0 aliphatic heterocycles. The predicted octanol–water partition coefficient (Wildman–Crippen LogP) is 9.04. The van der Waals surface area contributed by atoms with Crippen LogP contribution in [-0.4, -0.2) is 26.4 Å². The van der Waals surface area contributed by atoms with Gasteiger partial charge in [-0.1, -0.05) is 115 Å². The average Bonchev–Trinajstić information content (AvgIpc) is 3.11. The van der Waals surface area contributed by atoms with E-state index in [2.05, 4.69) is 65.1 Å². The Bertz CT molecular complexity index is 2310. The summed E-state index contributed by atoms with van der Waals surface area (Å²) in [5, 5.41) is 17.7. The van der Waals surface area contributed by atoms with E-state index < -0.39 is 0 Å². The van der Waals surface area contributed by atoms with Crippen LogP contribution in [0.15, 0.2) is 145 Å². The van der Waals surface area contributed by atoms with Crippen LogP contribution in [0, 0.1) is 5.41 Å². The monoisotopic (exact) mass is 578 g/mol. The number of benzene rings is 6. The summed E-state index contributed by atoms with van der Waals surface area (Å²) in [6.45, 7) is 0. The number of hydrogen-bond acceptors (Lipinski definition) is 6. The first-order chi connectivity index (χ1) is 22.2. The summed E-state index contributed by atoms with van der Waals surface area (Å²) in [4.78, 5) is 14.8. The maximum Gasteiger partial charge on any atom is 0.164 e. The van der Waals surface area contributed by atoms with Crippen LogP contribution in [0.1, 0.15) is 11.1 Å². The van der Waals surface area contributed by atoms with Crippen LogP contribution in [0.4, 0.5) is 5.69 Å². The lowest BCUT2D eigenvalue weighted by Gasteiger charge is -2.17. The second kappa shape index (κ2) is 11.1. The molecule has 0 atom stereocenters. The van der Waals surface area contributed by atoms with Gasteiger partial charge >= 0.3 is 0 Å². The molecule has 1 aliphatic carbocycles. The van der Waals surface area contributed by atoms with Crippen molar-refractivity contribution in [3.05, 3.63) is 151 Å². The fraction of sp³-hybridized carbons (Fsp3) is 0. The Morgan fingerprint density at radius 1 is 0.511 bits per heavy atom. The molecule has 0 bridgehead atoms. The number of aromatic nitrogens is 3. The number of rotatable bonds is 5. The van der Waals surface area contributed by atoms with E-state index in [1.807, 2.05) is 84.9 Å². The lowest BCUT2D eigenvalue weighted by molar-refractivity contribution is 1.08. The molecule has 6 aromatic carbocycles. The van der Waals surface area contributed by atoms with Crippen LogP contribution in [-0.2, 0) is 0 Å². The van der Waals surface area contributed by atoms with Gasteiger partial charge in [0, 0.05) is 22.3 Å². The fourth-order valence-electron chi connectivity index (χ4n) is 5.70. The van der Waals surface area contributed by atoms with Crippen LogP contribution in [0.2, 0.25) is 0 Å². The number of nitrogens with zero attached hydrogens (tertiary/aromatic N) is 4. The maximum atomic E-state index is 8.67. The molecule has 6 nitrogen and oxygen atoms in total. The summed E-state index contributed by atoms with van der Waals surface area (Å²) in [7, 11) is 0. The third kappa shape index (κ3) is 5.04. The van der Waals surface area contributed by atoms with Crippen molar-refractivity contribution in [2.75, 3.05) is 5.43 Å². The largest absolute Gasteiger partial charge is 0.299 e. The predicted molar refractivity (Wildman–Crippen MR) is 185 cm³/mol. The highest BCUT2D eigenvalue weighted by Gasteiger charge is 2.20. The summed E-state index contributed by atoms with van der Waals surface area (Å²) >= 11 is 0. The molecular formula is C39H26N6. The van der Waals surface area contributed by atoms with Crippen LogP contribution in [0.5, 0.6) is 0 Å². The van der Waals surface area contributed by atoms with Gasteiger partial charge in [0.1, 0.15) is 5.71 Å². The van der Waals surface area contributed by atoms with Gasteiger partial charge in [0.05, 0.1) is 11.4 Å². The molecule has 0 spiro atoms. The van der Waals surface area contributed by atoms with E-state index >= 15 is 0 Å². The molecule has 212 valence electrons. The Labute approximate surface area is 260 Å². The van der Waals surface area contributed by atoms with Crippen molar-refractivity contribution in [1.29, 1.82) is 5.41 Å². The third-order valence-corrected chi connectivity index (χ3v) is 7.98. The zero-order valence-corrected chi connectivity index (χ0v) is 24.1. The van der Waals surface area contributed by atoms with E-state index in [0.29, 0.717) is 28.9 Å². The minimum atomic E-state index is 0.354. The summed E-state index contributed by atoms with van der Waals surface area (Å²) in [5.74, 6) is 1.84. The summed E-state index contributed by atoms with van der Waals surface area (Å²) < 4.78 is 0. The zero-order valence-electron chi connectivity index (χ0n) is 24.1. The van der Waals surface area contributed by atoms with Gasteiger partial charge in [-0.2, -0.15) is 5.10 Å². The number of allylic oxidation sites excluding steroid dienone is 1. The molecule has 1 heterocycles. The molecular weight excluding hydrogens is 552 g/mol. The molecule has 45 heavy (non-hydrogen) atoms. The molecule has 7 aromatic rings. The van der Waals surface area contributed by atoms with Crippen molar-refractivity contribution in [1.82, 2.24) is 15.0 Å². The van der Waals surface area contributed by atoms with Crippen LogP contribution in [0.3, 0.4) is 0 Å². The number of hydrogen-bond donors (Lipinski definition) is 2. The standard InChI is InChI=1S/C39H26N6/c40-34-22-20-26-16-17-29-24-31(19-21-33(29)35(26)36(34)45-44-32-13-5-2-6-14-32)39-42-37(27-10-3-1-4-11-27)41-38(43-39)30-18-15-25-9-7-8-12-28(25)23-30/h1-24,40,44H/b40-34?,45-36+. The second-order valence-electron chi connectivity index (χ2n) is 10.9. The van der Waals surface area contributed by atoms with E-state index in [1.54, 1.807) is 6.08 Å². The quantitative estimate of drug-likeness (QED) is 0.200. The molecule has 2 N–H and O–H groups in total. The van der Waals surface area contributed by atoms with Crippen molar-refractivity contribution in [3.8, 4) is 34.2 Å². The van der Waals surface area contributed by atoms with Crippen LogP contribution >= 0.6 is 0 Å². The SMILES string of the molecule is N=C1C=Cc2ccc3cc(-c4nc(-c5ccccc5)nc(-c5ccc6ccccc6c5)n4)ccc3c2/C1=N/Nc1ccccc1. The normalized spacial score (nSPS) is 13.3. The molecule has 0 amide bonds. The number of para-hydroxylation sites is 1. The third-order valence-electron chi connectivity index (χ3n) is 7.98. The van der Waals surface area contributed by atoms with Gasteiger partial charge in [-0.05, 0) is 57.4 Å². The maximum absolute atomic E-state index is 8.67. The minimum Gasteiger partial charge on any atom is -0.299 e. The van der Waals surface area contributed by atoms with Crippen molar-refractivity contribution >= 4 is 44.7 Å². The van der Waals surface area contributed by atoms with Gasteiger partial charge in [0.2, 0.25) is 0 Å². The van der Waals surface area contributed by atoms with Gasteiger partial charge in [-0.25, -0.2) is 15.0 Å². The fourth-order valence-corrected chi connectivity index (χ4v) is 5.70. The highest BCUT2D eigenvalue weighted by atomic mass is 15.3. The van der Waals surface area contributed by atoms with Gasteiger partial charge in [0.15, 0.2) is 17.5 Å². The zero-order chi connectivity index (χ0) is 30.2. The molecule has 0 saturated carbocycles. The van der Waals surface area contributed by atoms with E-state index in [1.165, 1.54) is 5.39 Å². The number of anilines is 1. The summed E-state index contributed by atoms with van der Waals surface area (Å²) in [6, 6.07) is 44.8. The molecule has 1 aliphatic rings. The van der Waals surface area contributed by atoms with Gasteiger partial charge in [0.25, 0.3) is 0 Å². The highest BCUT2D eigenvalue weighted by molar-refractivity contribution is 6.55. The van der Waals surface area contributed by atoms with Crippen LogP contribution in [0.25, 0.3) is 61.8 Å². The van der Waals surface area contributed by atoms with Gasteiger partial charge < -0.3 is 0 Å². The molecule has 1 aromatic heterocycles. The number of nitrogens with one attached hydrogen (secondary N) is 2. The van der Waals surface area contributed by atoms with E-state index in [-0.39, 0.29) is 0 Å².